The molecule has 1 N–H and O–H groups in total. The van der Waals surface area contributed by atoms with Crippen LogP contribution in [0.25, 0.3) is 0 Å². The zero-order valence-corrected chi connectivity index (χ0v) is 8.23. The summed E-state index contributed by atoms with van der Waals surface area (Å²) >= 11 is 0. The molecule has 8 nitrogen and oxygen atoms in total. The fourth-order valence-corrected chi connectivity index (χ4v) is 0.960. The first-order valence-electron chi connectivity index (χ1n) is 4.24. The van der Waals surface area contributed by atoms with Crippen molar-refractivity contribution in [3.8, 4) is 11.9 Å². The van der Waals surface area contributed by atoms with E-state index in [0.29, 0.717) is 0 Å². The van der Waals surface area contributed by atoms with E-state index in [-0.39, 0.29) is 17.6 Å². The lowest BCUT2D eigenvalue weighted by Crippen LogP contribution is -2.02. The first kappa shape index (κ1) is 10.0. The van der Waals surface area contributed by atoms with Gasteiger partial charge in [-0.05, 0) is 0 Å². The lowest BCUT2D eigenvalue weighted by atomic mass is 10.5. The van der Waals surface area contributed by atoms with Crippen LogP contribution in [-0.4, -0.2) is 35.8 Å². The van der Waals surface area contributed by atoms with Crippen molar-refractivity contribution in [2.45, 2.75) is 0 Å². The fourth-order valence-electron chi connectivity index (χ4n) is 0.960. The smallest absolute Gasteiger partial charge is 0.356 e. The predicted octanol–water partition coefficient (Wildman–Crippen LogP) is 0.0956. The Balaban J connectivity index is 2.21. The molecule has 2 rings (SSSR count). The summed E-state index contributed by atoms with van der Waals surface area (Å²) in [6.45, 7) is 0. The van der Waals surface area contributed by atoms with Gasteiger partial charge in [-0.2, -0.15) is 4.98 Å². The van der Waals surface area contributed by atoms with E-state index in [1.165, 1.54) is 17.2 Å². The summed E-state index contributed by atoms with van der Waals surface area (Å²) in [5.41, 5.74) is -0.201. The van der Waals surface area contributed by atoms with Gasteiger partial charge in [-0.25, -0.2) is 9.78 Å². The molecule has 82 valence electrons. The molecular weight excluding hydrogens is 214 g/mol. The Kier molecular flexibility index (Phi) is 2.46. The number of aryl methyl sites for hydroxylation is 1. The number of hydrogen-bond donors (Lipinski definition) is 1. The maximum Gasteiger partial charge on any atom is 0.356 e. The van der Waals surface area contributed by atoms with Crippen LogP contribution in [0.3, 0.4) is 0 Å². The molecule has 0 aliphatic carbocycles. The summed E-state index contributed by atoms with van der Waals surface area (Å²) in [6, 6.07) is 0.0827. The molecule has 8 heteroatoms. The van der Waals surface area contributed by atoms with Gasteiger partial charge in [-0.1, -0.05) is 0 Å². The first-order valence-corrected chi connectivity index (χ1v) is 4.24. The molecular formula is C8H7N5O3. The van der Waals surface area contributed by atoms with E-state index in [0.717, 1.165) is 6.20 Å². The molecule has 0 aromatic carbocycles. The fraction of sp³-hybridized carbons (Fsp3) is 0.125. The largest absolute Gasteiger partial charge is 0.476 e. The highest BCUT2D eigenvalue weighted by Gasteiger charge is 2.09. The number of carboxylic acids is 1. The minimum atomic E-state index is -1.17. The molecule has 0 radical (unpaired) electrons. The summed E-state index contributed by atoms with van der Waals surface area (Å²) in [5, 5.41) is 12.5. The van der Waals surface area contributed by atoms with Gasteiger partial charge >= 0.3 is 12.0 Å². The molecule has 0 bridgehead atoms. The summed E-state index contributed by atoms with van der Waals surface area (Å²) in [4.78, 5) is 21.8. The zero-order chi connectivity index (χ0) is 11.5. The lowest BCUT2D eigenvalue weighted by Gasteiger charge is -1.99. The van der Waals surface area contributed by atoms with Gasteiger partial charge < -0.3 is 9.84 Å². The molecule has 2 aromatic rings. The van der Waals surface area contributed by atoms with Crippen LogP contribution in [0.4, 0.5) is 0 Å². The van der Waals surface area contributed by atoms with Gasteiger partial charge in [0.2, 0.25) is 5.88 Å². The van der Waals surface area contributed by atoms with E-state index in [1.54, 1.807) is 7.05 Å². The topological polar surface area (TPSA) is 103 Å². The Hall–Kier alpha value is -2.51. The SMILES string of the molecule is Cn1cnc(Oc2cncc(C(=O)O)n2)n1. The second-order valence-electron chi connectivity index (χ2n) is 2.85. The van der Waals surface area contributed by atoms with Crippen LogP contribution in [0.5, 0.6) is 11.9 Å². The van der Waals surface area contributed by atoms with Gasteiger partial charge in [0, 0.05) is 7.05 Å². The molecule has 0 saturated carbocycles. The average molecular weight is 221 g/mol. The number of nitrogens with zero attached hydrogens (tertiary/aromatic N) is 5. The molecule has 16 heavy (non-hydrogen) atoms. The Morgan fingerprint density at radius 2 is 2.31 bits per heavy atom. The molecule has 0 fully saturated rings. The third kappa shape index (κ3) is 2.11. The number of ether oxygens (including phenoxy) is 1. The zero-order valence-electron chi connectivity index (χ0n) is 8.23. The van der Waals surface area contributed by atoms with Crippen LogP contribution in [0.15, 0.2) is 18.7 Å². The Morgan fingerprint density at radius 1 is 1.50 bits per heavy atom. The monoisotopic (exact) mass is 221 g/mol. The molecule has 0 spiro atoms. The normalized spacial score (nSPS) is 10.1. The molecule has 0 atom stereocenters. The predicted molar refractivity (Wildman–Crippen MR) is 50.1 cm³/mol. The van der Waals surface area contributed by atoms with Crippen LogP contribution in [0, 0.1) is 0 Å². The van der Waals surface area contributed by atoms with Gasteiger partial charge in [-0.15, -0.1) is 5.10 Å². The third-order valence-corrected chi connectivity index (χ3v) is 1.61. The van der Waals surface area contributed by atoms with Gasteiger partial charge in [0.05, 0.1) is 12.4 Å². The maximum atomic E-state index is 10.6. The highest BCUT2D eigenvalue weighted by atomic mass is 16.5. The van der Waals surface area contributed by atoms with Crippen LogP contribution < -0.4 is 4.74 Å². The number of hydrogen-bond acceptors (Lipinski definition) is 6. The highest BCUT2D eigenvalue weighted by Crippen LogP contribution is 2.12. The molecule has 0 saturated heterocycles. The molecule has 2 heterocycles. The van der Waals surface area contributed by atoms with E-state index in [9.17, 15) is 4.79 Å². The average Bonchev–Trinajstić information content (AvgIpc) is 2.64. The maximum absolute atomic E-state index is 10.6. The third-order valence-electron chi connectivity index (χ3n) is 1.61. The standard InChI is InChI=1S/C8H7N5O3/c1-13-4-10-8(12-13)16-6-3-9-2-5(11-6)7(14)15/h2-4H,1H3,(H,14,15). The van der Waals surface area contributed by atoms with E-state index in [2.05, 4.69) is 20.1 Å². The summed E-state index contributed by atoms with van der Waals surface area (Å²) in [7, 11) is 1.68. The number of carboxylic acid groups (broad SMARTS) is 1. The van der Waals surface area contributed by atoms with Crippen molar-refractivity contribution >= 4 is 5.97 Å². The second-order valence-corrected chi connectivity index (χ2v) is 2.85. The summed E-state index contributed by atoms with van der Waals surface area (Å²) in [5.74, 6) is -1.14. The molecule has 0 amide bonds. The van der Waals surface area contributed by atoms with Crippen molar-refractivity contribution in [1.82, 2.24) is 24.7 Å². The lowest BCUT2D eigenvalue weighted by molar-refractivity contribution is 0.0689. The first-order chi connectivity index (χ1) is 7.65. The van der Waals surface area contributed by atoms with Crippen LogP contribution in [0.2, 0.25) is 0 Å². The van der Waals surface area contributed by atoms with Crippen molar-refractivity contribution < 1.29 is 14.6 Å². The number of rotatable bonds is 3. The molecule has 0 aliphatic heterocycles. The van der Waals surface area contributed by atoms with Crippen molar-refractivity contribution in [1.29, 1.82) is 0 Å². The number of aromatic nitrogens is 5. The van der Waals surface area contributed by atoms with E-state index in [1.807, 2.05) is 0 Å². The van der Waals surface area contributed by atoms with Crippen molar-refractivity contribution in [3.05, 3.63) is 24.4 Å². The molecule has 2 aromatic heterocycles. The van der Waals surface area contributed by atoms with Crippen LogP contribution >= 0.6 is 0 Å². The van der Waals surface area contributed by atoms with Gasteiger partial charge in [-0.3, -0.25) is 9.67 Å². The minimum absolute atomic E-state index is 0.0334. The van der Waals surface area contributed by atoms with Crippen molar-refractivity contribution in [2.24, 2.45) is 7.05 Å². The second kappa shape index (κ2) is 3.93. The van der Waals surface area contributed by atoms with E-state index < -0.39 is 5.97 Å². The molecule has 0 aliphatic rings. The van der Waals surface area contributed by atoms with E-state index >= 15 is 0 Å². The van der Waals surface area contributed by atoms with E-state index in [4.69, 9.17) is 9.84 Å². The van der Waals surface area contributed by atoms with Crippen molar-refractivity contribution in [2.75, 3.05) is 0 Å². The van der Waals surface area contributed by atoms with Gasteiger partial charge in [0.15, 0.2) is 5.69 Å². The Bertz CT molecular complexity index is 524. The Labute approximate surface area is 89.6 Å². The Morgan fingerprint density at radius 3 is 2.94 bits per heavy atom. The van der Waals surface area contributed by atoms with Gasteiger partial charge in [0.1, 0.15) is 6.33 Å². The summed E-state index contributed by atoms with van der Waals surface area (Å²) < 4.78 is 6.56. The number of aromatic carboxylic acids is 1. The van der Waals surface area contributed by atoms with Gasteiger partial charge in [0.25, 0.3) is 0 Å². The minimum Gasteiger partial charge on any atom is -0.476 e. The number of carbonyl (C=O) groups is 1. The summed E-state index contributed by atoms with van der Waals surface area (Å²) in [6.07, 6.45) is 3.85. The van der Waals surface area contributed by atoms with Crippen molar-refractivity contribution in [3.63, 3.8) is 0 Å². The van der Waals surface area contributed by atoms with Crippen LogP contribution in [-0.2, 0) is 7.05 Å². The van der Waals surface area contributed by atoms with Crippen LogP contribution in [0.1, 0.15) is 10.5 Å². The molecule has 0 unspecified atom stereocenters. The highest BCUT2D eigenvalue weighted by molar-refractivity contribution is 5.84. The quantitative estimate of drug-likeness (QED) is 0.783.